The number of phenols is 1. The molecular formula is C26H25Cu2N4O3. The van der Waals surface area contributed by atoms with E-state index in [9.17, 15) is 14.7 Å². The predicted molar refractivity (Wildman–Crippen MR) is 127 cm³/mol. The van der Waals surface area contributed by atoms with E-state index < -0.39 is 0 Å². The Morgan fingerprint density at radius 1 is 0.886 bits per heavy atom. The van der Waals surface area contributed by atoms with Gasteiger partial charge in [-0.05, 0) is 31.2 Å². The number of aryl methyl sites for hydroxylation is 1. The molecule has 0 aliphatic heterocycles. The van der Waals surface area contributed by atoms with Crippen LogP contribution in [0, 0.1) is 6.92 Å². The summed E-state index contributed by atoms with van der Waals surface area (Å²) in [7, 11) is 0. The van der Waals surface area contributed by atoms with Gasteiger partial charge in [-0.1, -0.05) is 48.1 Å². The van der Waals surface area contributed by atoms with Gasteiger partial charge in [0.05, 0.1) is 0 Å². The van der Waals surface area contributed by atoms with Crippen LogP contribution in [0.1, 0.15) is 16.7 Å². The second-order valence-corrected chi connectivity index (χ2v) is 7.28. The van der Waals surface area contributed by atoms with Crippen LogP contribution < -0.4 is 15.7 Å². The van der Waals surface area contributed by atoms with Crippen molar-refractivity contribution in [3.05, 3.63) is 119 Å². The smallest absolute Gasteiger partial charge is 0.582 e. The zero-order valence-electron chi connectivity index (χ0n) is 18.8. The third kappa shape index (κ3) is 9.43. The normalized spacial score (nSPS) is 15.8. The average molecular weight is 569 g/mol. The molecule has 1 heterocycles. The summed E-state index contributed by atoms with van der Waals surface area (Å²) in [4.78, 5) is 23.5. The molecule has 3 N–H and O–H groups in total. The van der Waals surface area contributed by atoms with Crippen molar-refractivity contribution in [2.45, 2.75) is 20.0 Å². The van der Waals surface area contributed by atoms with E-state index in [0.29, 0.717) is 24.2 Å². The molecule has 1 radical (unpaired) electrons. The maximum Gasteiger partial charge on any atom is 1.00 e. The van der Waals surface area contributed by atoms with Crippen molar-refractivity contribution >= 4 is 11.6 Å². The first-order valence-electron chi connectivity index (χ1n) is 10.4. The van der Waals surface area contributed by atoms with Crippen LogP contribution in [0.5, 0.6) is 5.75 Å². The van der Waals surface area contributed by atoms with Gasteiger partial charge in [0, 0.05) is 71.0 Å². The minimum Gasteiger partial charge on any atom is -0.582 e. The zero-order valence-corrected chi connectivity index (χ0v) is 20.7. The van der Waals surface area contributed by atoms with Gasteiger partial charge in [-0.25, -0.2) is 0 Å². The number of hydrogen-bond acceptors (Lipinski definition) is 6. The van der Waals surface area contributed by atoms with Gasteiger partial charge in [0.25, 0.3) is 0 Å². The number of nitrogens with zero attached hydrogens (tertiary/aromatic N) is 2. The van der Waals surface area contributed by atoms with Crippen LogP contribution >= 0.6 is 0 Å². The third-order valence-electron chi connectivity index (χ3n) is 4.72. The van der Waals surface area contributed by atoms with E-state index in [1.165, 1.54) is 12.2 Å². The molecule has 0 atom stereocenters. The van der Waals surface area contributed by atoms with Gasteiger partial charge < -0.3 is 25.9 Å². The standard InChI is InChI=1S/C23H22N2O3.C3H3N2.2Cu/c1-16-10-19(14-24-12-17-6-2-4-8-21(17)26)23(28)20(11-16)15-25-13-18-7-3-5-9-22(18)27;1-2-4-5-3-1;;/h2-13,24-25,28H,14-15H2,1H3;1-3H;;/q;-1;;+1/b17-12-,18-13-;;;. The number of carbonyl (C=O) groups excluding carboxylic acids is 2. The van der Waals surface area contributed by atoms with Crippen molar-refractivity contribution < 1.29 is 48.8 Å². The number of hydrogen-bond donors (Lipinski definition) is 3. The van der Waals surface area contributed by atoms with Gasteiger partial charge in [0.2, 0.25) is 0 Å². The van der Waals surface area contributed by atoms with Crippen molar-refractivity contribution in [3.8, 4) is 5.75 Å². The van der Waals surface area contributed by atoms with Gasteiger partial charge in [0.1, 0.15) is 5.75 Å². The van der Waals surface area contributed by atoms with Gasteiger partial charge in [0.15, 0.2) is 11.6 Å². The van der Waals surface area contributed by atoms with E-state index in [4.69, 9.17) is 0 Å². The Hall–Kier alpha value is -3.35. The SMILES string of the molecule is Cc1cc(CN/C=C2/C=CC=CC2=O)c(O)c(CN/C=C2/C=CC=CC2=O)c1.[Cu+].[Cu].c1cn[n-]c1. The van der Waals surface area contributed by atoms with Crippen LogP contribution in [0.4, 0.5) is 0 Å². The minimum absolute atomic E-state index is 0. The molecule has 2 aromatic rings. The number of aromatic hydroxyl groups is 1. The van der Waals surface area contributed by atoms with E-state index in [0.717, 1.165) is 16.7 Å². The van der Waals surface area contributed by atoms with Gasteiger partial charge in [-0.15, -0.1) is 0 Å². The maximum atomic E-state index is 11.7. The maximum absolute atomic E-state index is 11.7. The van der Waals surface area contributed by atoms with E-state index in [1.54, 1.807) is 67.3 Å². The molecule has 0 amide bonds. The fraction of sp³-hybridized carbons (Fsp3) is 0.115. The Bertz CT molecular complexity index is 1080. The fourth-order valence-electron chi connectivity index (χ4n) is 3.14. The van der Waals surface area contributed by atoms with Crippen LogP contribution in [-0.2, 0) is 56.8 Å². The predicted octanol–water partition coefficient (Wildman–Crippen LogP) is 3.07. The Morgan fingerprint density at radius 3 is 1.74 bits per heavy atom. The number of aromatic nitrogens is 2. The van der Waals surface area contributed by atoms with Crippen LogP contribution in [0.15, 0.2) is 103 Å². The number of rotatable bonds is 6. The number of carbonyl (C=O) groups is 2. The summed E-state index contributed by atoms with van der Waals surface area (Å²) in [6, 6.07) is 5.58. The molecule has 9 heteroatoms. The molecule has 189 valence electrons. The molecular weight excluding hydrogens is 543 g/mol. The van der Waals surface area contributed by atoms with Crippen LogP contribution in [0.3, 0.4) is 0 Å². The Kier molecular flexibility index (Phi) is 13.2. The van der Waals surface area contributed by atoms with Crippen molar-refractivity contribution in [3.63, 3.8) is 0 Å². The van der Waals surface area contributed by atoms with E-state index in [2.05, 4.69) is 20.8 Å². The average Bonchev–Trinajstić information content (AvgIpc) is 3.39. The number of ketones is 2. The van der Waals surface area contributed by atoms with Gasteiger partial charge >= 0.3 is 17.1 Å². The van der Waals surface area contributed by atoms with Crippen molar-refractivity contribution in [2.75, 3.05) is 0 Å². The van der Waals surface area contributed by atoms with E-state index >= 15 is 0 Å². The molecule has 0 fully saturated rings. The molecule has 0 bridgehead atoms. The summed E-state index contributed by atoms with van der Waals surface area (Å²) < 4.78 is 0. The first-order chi connectivity index (χ1) is 16.0. The number of allylic oxidation sites excluding steroid dienone is 10. The molecule has 0 saturated carbocycles. The van der Waals surface area contributed by atoms with Gasteiger partial charge in [-0.3, -0.25) is 9.59 Å². The molecule has 4 rings (SSSR count). The van der Waals surface area contributed by atoms with Crippen molar-refractivity contribution in [1.82, 2.24) is 20.8 Å². The van der Waals surface area contributed by atoms with Crippen molar-refractivity contribution in [2.24, 2.45) is 0 Å². The Balaban J connectivity index is 0.000000779. The van der Waals surface area contributed by atoms with Crippen LogP contribution in [-0.4, -0.2) is 21.8 Å². The van der Waals surface area contributed by atoms with E-state index in [-0.39, 0.29) is 51.5 Å². The second-order valence-electron chi connectivity index (χ2n) is 7.28. The molecule has 0 unspecified atom stereocenters. The molecule has 7 nitrogen and oxygen atoms in total. The zero-order chi connectivity index (χ0) is 23.5. The third-order valence-corrected chi connectivity index (χ3v) is 4.72. The monoisotopic (exact) mass is 567 g/mol. The van der Waals surface area contributed by atoms with Crippen molar-refractivity contribution in [1.29, 1.82) is 0 Å². The molecule has 0 spiro atoms. The molecule has 0 saturated heterocycles. The molecule has 2 aliphatic carbocycles. The minimum atomic E-state index is -0.0532. The summed E-state index contributed by atoms with van der Waals surface area (Å²) in [5.74, 6) is 0.0864. The first kappa shape index (κ1) is 29.7. The number of nitrogens with one attached hydrogen (secondary N) is 2. The quantitative estimate of drug-likeness (QED) is 0.364. The fourth-order valence-corrected chi connectivity index (χ4v) is 3.14. The Morgan fingerprint density at radius 2 is 1.37 bits per heavy atom. The molecule has 1 aromatic heterocycles. The second kappa shape index (κ2) is 15.5. The summed E-state index contributed by atoms with van der Waals surface area (Å²) in [5.41, 5.74) is 3.63. The largest absolute Gasteiger partial charge is 1.00 e. The first-order valence-corrected chi connectivity index (χ1v) is 10.4. The summed E-state index contributed by atoms with van der Waals surface area (Å²) >= 11 is 0. The van der Waals surface area contributed by atoms with Gasteiger partial charge in [-0.2, -0.15) is 6.20 Å². The summed E-state index contributed by atoms with van der Waals surface area (Å²) in [6.45, 7) is 2.74. The number of benzene rings is 1. The van der Waals surface area contributed by atoms with Crippen LogP contribution in [0.25, 0.3) is 0 Å². The van der Waals surface area contributed by atoms with E-state index in [1.807, 2.05) is 19.1 Å². The summed E-state index contributed by atoms with van der Waals surface area (Å²) in [5, 5.41) is 23.7. The Labute approximate surface area is 225 Å². The van der Waals surface area contributed by atoms with Crippen LogP contribution in [0.2, 0.25) is 0 Å². The summed E-state index contributed by atoms with van der Waals surface area (Å²) in [6.07, 6.45) is 20.1. The topological polar surface area (TPSA) is 105 Å². The molecule has 2 aliphatic rings. The molecule has 35 heavy (non-hydrogen) atoms. The molecule has 1 aromatic carbocycles. The number of phenolic OH excluding ortho intramolecular Hbond substituents is 1.